The summed E-state index contributed by atoms with van der Waals surface area (Å²) in [6, 6.07) is 11.5. The van der Waals surface area contributed by atoms with E-state index in [1.807, 2.05) is 0 Å². The highest BCUT2D eigenvalue weighted by Gasteiger charge is 2.15. The molecule has 33 heavy (non-hydrogen) atoms. The number of carbonyl (C=O) groups is 3. The summed E-state index contributed by atoms with van der Waals surface area (Å²) in [7, 11) is 0. The summed E-state index contributed by atoms with van der Waals surface area (Å²) >= 11 is 8.46. The second-order valence-electron chi connectivity index (χ2n) is 7.43. The molecule has 0 saturated carbocycles. The highest BCUT2D eigenvalue weighted by molar-refractivity contribution is 9.10. The molecule has 2 rings (SSSR count). The third-order valence-electron chi connectivity index (χ3n) is 4.40. The van der Waals surface area contributed by atoms with E-state index in [0.29, 0.717) is 29.2 Å². The Hall–Kier alpha value is -2.98. The number of hydrazine groups is 1. The Bertz CT molecular complexity index is 1010. The van der Waals surface area contributed by atoms with Crippen molar-refractivity contribution in [1.82, 2.24) is 16.2 Å². The van der Waals surface area contributed by atoms with Gasteiger partial charge in [-0.05, 0) is 61.1 Å². The van der Waals surface area contributed by atoms with Crippen molar-refractivity contribution < 1.29 is 19.1 Å². The minimum Gasteiger partial charge on any atom is -0.493 e. The van der Waals surface area contributed by atoms with E-state index < -0.39 is 11.8 Å². The van der Waals surface area contributed by atoms with Crippen molar-refractivity contribution in [2.45, 2.75) is 33.6 Å². The van der Waals surface area contributed by atoms with Crippen LogP contribution in [0.25, 0.3) is 0 Å². The SMILES string of the molecule is CCCCOc1ccc(Br)cc1C(=O)NC(=S)NNC(=O)c1ccc(NC(=O)C(C)C)cc1. The third-order valence-corrected chi connectivity index (χ3v) is 5.09. The molecule has 0 aliphatic heterocycles. The molecule has 3 amide bonds. The van der Waals surface area contributed by atoms with Crippen LogP contribution < -0.4 is 26.2 Å². The van der Waals surface area contributed by atoms with Crippen molar-refractivity contribution in [3.8, 4) is 5.75 Å². The van der Waals surface area contributed by atoms with Gasteiger partial charge in [-0.15, -0.1) is 0 Å². The number of nitrogens with one attached hydrogen (secondary N) is 4. The zero-order valence-corrected chi connectivity index (χ0v) is 21.1. The first kappa shape index (κ1) is 26.3. The fourth-order valence-corrected chi connectivity index (χ4v) is 3.02. The van der Waals surface area contributed by atoms with E-state index in [9.17, 15) is 14.4 Å². The van der Waals surface area contributed by atoms with Crippen LogP contribution in [0, 0.1) is 5.92 Å². The average Bonchev–Trinajstić information content (AvgIpc) is 2.78. The summed E-state index contributed by atoms with van der Waals surface area (Å²) in [6.07, 6.45) is 1.84. The Balaban J connectivity index is 1.91. The Morgan fingerprint density at radius 1 is 1.03 bits per heavy atom. The van der Waals surface area contributed by atoms with E-state index in [1.165, 1.54) is 0 Å². The molecule has 0 spiro atoms. The Morgan fingerprint density at radius 3 is 2.36 bits per heavy atom. The maximum absolute atomic E-state index is 12.7. The summed E-state index contributed by atoms with van der Waals surface area (Å²) < 4.78 is 6.41. The molecule has 0 heterocycles. The largest absolute Gasteiger partial charge is 0.493 e. The lowest BCUT2D eigenvalue weighted by atomic mass is 10.1. The Labute approximate surface area is 206 Å². The van der Waals surface area contributed by atoms with Gasteiger partial charge >= 0.3 is 0 Å². The van der Waals surface area contributed by atoms with Gasteiger partial charge in [0, 0.05) is 21.6 Å². The van der Waals surface area contributed by atoms with E-state index in [1.54, 1.807) is 56.3 Å². The van der Waals surface area contributed by atoms with Gasteiger partial charge in [0.2, 0.25) is 5.91 Å². The number of hydrogen-bond donors (Lipinski definition) is 4. The first-order valence-electron chi connectivity index (χ1n) is 10.5. The van der Waals surface area contributed by atoms with Crippen molar-refractivity contribution in [3.05, 3.63) is 58.1 Å². The lowest BCUT2D eigenvalue weighted by Crippen LogP contribution is -2.48. The van der Waals surface area contributed by atoms with Gasteiger partial charge in [-0.3, -0.25) is 30.6 Å². The molecule has 8 nitrogen and oxygen atoms in total. The number of benzene rings is 2. The molecular weight excluding hydrogens is 508 g/mol. The van der Waals surface area contributed by atoms with Crippen LogP contribution in [-0.4, -0.2) is 29.4 Å². The molecule has 2 aromatic rings. The number of hydrogen-bond acceptors (Lipinski definition) is 5. The molecule has 0 saturated heterocycles. The van der Waals surface area contributed by atoms with E-state index in [4.69, 9.17) is 17.0 Å². The number of rotatable bonds is 8. The first-order valence-corrected chi connectivity index (χ1v) is 11.7. The summed E-state index contributed by atoms with van der Waals surface area (Å²) in [6.45, 7) is 6.13. The molecule has 4 N–H and O–H groups in total. The van der Waals surface area contributed by atoms with Crippen LogP contribution in [0.1, 0.15) is 54.3 Å². The standard InChI is InChI=1S/C23H27BrN4O4S/c1-4-5-12-32-19-11-8-16(24)13-18(19)22(31)26-23(33)28-27-21(30)15-6-9-17(10-7-15)25-20(29)14(2)3/h6-11,13-14H,4-5,12H2,1-3H3,(H,25,29)(H,27,30)(H2,26,28,31,33). The van der Waals surface area contributed by atoms with Gasteiger partial charge in [0.15, 0.2) is 5.11 Å². The second-order valence-corrected chi connectivity index (χ2v) is 8.75. The molecule has 0 unspecified atom stereocenters. The van der Waals surface area contributed by atoms with Crippen LogP contribution in [0.4, 0.5) is 5.69 Å². The van der Waals surface area contributed by atoms with Gasteiger partial charge in [-0.25, -0.2) is 0 Å². The molecule has 2 aromatic carbocycles. The van der Waals surface area contributed by atoms with Crippen LogP contribution in [0.2, 0.25) is 0 Å². The highest BCUT2D eigenvalue weighted by Crippen LogP contribution is 2.23. The molecular formula is C23H27BrN4O4S. The number of ether oxygens (including phenoxy) is 1. The van der Waals surface area contributed by atoms with Gasteiger partial charge in [0.1, 0.15) is 5.75 Å². The topological polar surface area (TPSA) is 109 Å². The van der Waals surface area contributed by atoms with Crippen LogP contribution in [0.15, 0.2) is 46.9 Å². The van der Waals surface area contributed by atoms with E-state index in [-0.39, 0.29) is 16.9 Å². The molecule has 0 aliphatic carbocycles. The second kappa shape index (κ2) is 12.9. The van der Waals surface area contributed by atoms with Crippen molar-refractivity contribution >= 4 is 56.7 Å². The van der Waals surface area contributed by atoms with Gasteiger partial charge in [-0.2, -0.15) is 0 Å². The van der Waals surface area contributed by atoms with Crippen molar-refractivity contribution in [2.75, 3.05) is 11.9 Å². The molecule has 0 aliphatic rings. The predicted molar refractivity (Wildman–Crippen MR) is 135 cm³/mol. The van der Waals surface area contributed by atoms with E-state index in [2.05, 4.69) is 44.3 Å². The smallest absolute Gasteiger partial charge is 0.269 e. The molecule has 0 aromatic heterocycles. The molecule has 0 fully saturated rings. The van der Waals surface area contributed by atoms with E-state index in [0.717, 1.165) is 17.3 Å². The zero-order valence-electron chi connectivity index (χ0n) is 18.7. The van der Waals surface area contributed by atoms with Crippen LogP contribution >= 0.6 is 28.1 Å². The number of anilines is 1. The monoisotopic (exact) mass is 534 g/mol. The Morgan fingerprint density at radius 2 is 1.73 bits per heavy atom. The van der Waals surface area contributed by atoms with Crippen molar-refractivity contribution in [3.63, 3.8) is 0 Å². The maximum atomic E-state index is 12.7. The number of amides is 3. The van der Waals surface area contributed by atoms with Crippen LogP contribution in [0.5, 0.6) is 5.75 Å². The Kier molecular flexibility index (Phi) is 10.3. The third kappa shape index (κ3) is 8.47. The molecule has 176 valence electrons. The minimum atomic E-state index is -0.472. The fourth-order valence-electron chi connectivity index (χ4n) is 2.51. The molecule has 0 atom stereocenters. The van der Waals surface area contributed by atoms with Gasteiger partial charge < -0.3 is 10.1 Å². The van der Waals surface area contributed by atoms with Gasteiger partial charge in [-0.1, -0.05) is 43.1 Å². The van der Waals surface area contributed by atoms with Crippen LogP contribution in [-0.2, 0) is 4.79 Å². The number of halogens is 1. The minimum absolute atomic E-state index is 0.0753. The number of thiocarbonyl (C=S) groups is 1. The lowest BCUT2D eigenvalue weighted by Gasteiger charge is -2.14. The quantitative estimate of drug-likeness (QED) is 0.230. The molecule has 0 radical (unpaired) electrons. The van der Waals surface area contributed by atoms with Crippen molar-refractivity contribution in [2.24, 2.45) is 5.92 Å². The number of unbranched alkanes of at least 4 members (excludes halogenated alkanes) is 1. The molecule has 0 bridgehead atoms. The summed E-state index contributed by atoms with van der Waals surface area (Å²) in [4.78, 5) is 36.7. The fraction of sp³-hybridized carbons (Fsp3) is 0.304. The first-order chi connectivity index (χ1) is 15.7. The predicted octanol–water partition coefficient (Wildman–Crippen LogP) is 4.17. The normalized spacial score (nSPS) is 10.3. The summed E-state index contributed by atoms with van der Waals surface area (Å²) in [5, 5.41) is 5.20. The maximum Gasteiger partial charge on any atom is 0.269 e. The zero-order chi connectivity index (χ0) is 24.4. The highest BCUT2D eigenvalue weighted by atomic mass is 79.9. The van der Waals surface area contributed by atoms with Gasteiger partial charge in [0.25, 0.3) is 11.8 Å². The van der Waals surface area contributed by atoms with Crippen molar-refractivity contribution in [1.29, 1.82) is 0 Å². The summed E-state index contributed by atoms with van der Waals surface area (Å²) in [5.74, 6) is -0.747. The average molecular weight is 535 g/mol. The number of carbonyl (C=O) groups excluding carboxylic acids is 3. The summed E-state index contributed by atoms with van der Waals surface area (Å²) in [5.41, 5.74) is 6.19. The van der Waals surface area contributed by atoms with Gasteiger partial charge in [0.05, 0.1) is 12.2 Å². The van der Waals surface area contributed by atoms with Crippen LogP contribution in [0.3, 0.4) is 0 Å². The lowest BCUT2D eigenvalue weighted by molar-refractivity contribution is -0.118. The van der Waals surface area contributed by atoms with E-state index >= 15 is 0 Å². The molecule has 10 heteroatoms.